The average Bonchev–Trinajstić information content (AvgIpc) is 2.83. The Morgan fingerprint density at radius 3 is 2.28 bits per heavy atom. The van der Waals surface area contributed by atoms with Gasteiger partial charge in [-0.1, -0.05) is 89.0 Å². The number of para-hydroxylation sites is 1. The van der Waals surface area contributed by atoms with E-state index in [-0.39, 0.29) is 5.41 Å². The summed E-state index contributed by atoms with van der Waals surface area (Å²) in [5, 5.41) is 0. The lowest BCUT2D eigenvalue weighted by Crippen LogP contribution is -2.40. The van der Waals surface area contributed by atoms with Crippen LogP contribution in [0.5, 0.6) is 11.5 Å². The Kier molecular flexibility index (Phi) is 7.65. The Morgan fingerprint density at radius 2 is 1.59 bits per heavy atom. The molecule has 0 unspecified atom stereocenters. The van der Waals surface area contributed by atoms with Crippen molar-refractivity contribution in [2.24, 2.45) is 11.8 Å². The molecule has 2 aliphatic rings. The number of hydrogen-bond acceptors (Lipinski definition) is 3. The summed E-state index contributed by atoms with van der Waals surface area (Å²) < 4.78 is 6.23. The number of benzene rings is 2. The lowest BCUT2D eigenvalue weighted by molar-refractivity contribution is 0.124. The Hall–Kier alpha value is -2.16. The number of nitrogen functional groups attached to an aromatic ring is 2. The molecular formula is C29H42N2O. The summed E-state index contributed by atoms with van der Waals surface area (Å²) in [5.74, 6) is 3.08. The molecule has 2 aromatic carbocycles. The maximum absolute atomic E-state index is 6.86. The van der Waals surface area contributed by atoms with Crippen molar-refractivity contribution in [3.8, 4) is 11.5 Å². The molecule has 0 spiro atoms. The maximum Gasteiger partial charge on any atom is 0.173 e. The molecule has 0 heterocycles. The number of hydrogen-bond donors (Lipinski definition) is 2. The molecule has 0 radical (unpaired) electrons. The summed E-state index contributed by atoms with van der Waals surface area (Å²) in [7, 11) is 0. The third kappa shape index (κ3) is 4.92. The summed E-state index contributed by atoms with van der Waals surface area (Å²) in [5.41, 5.74) is 16.1. The highest BCUT2D eigenvalue weighted by Crippen LogP contribution is 2.54. The van der Waals surface area contributed by atoms with Gasteiger partial charge in [-0.25, -0.2) is 0 Å². The summed E-state index contributed by atoms with van der Waals surface area (Å²) in [6.07, 6.45) is 17.4. The van der Waals surface area contributed by atoms with E-state index in [0.717, 1.165) is 23.3 Å². The van der Waals surface area contributed by atoms with Crippen molar-refractivity contribution in [1.29, 1.82) is 0 Å². The molecule has 0 bridgehead atoms. The van der Waals surface area contributed by atoms with Crippen LogP contribution in [0.1, 0.15) is 96.0 Å². The fraction of sp³-hybridized carbons (Fsp3) is 0.586. The number of rotatable bonds is 8. The molecule has 2 aromatic rings. The van der Waals surface area contributed by atoms with Gasteiger partial charge < -0.3 is 16.2 Å². The topological polar surface area (TPSA) is 61.3 Å². The van der Waals surface area contributed by atoms with Crippen LogP contribution in [0.4, 0.5) is 11.4 Å². The molecule has 174 valence electrons. The SMILES string of the molecule is CCCCCC1CCC(C2(c3ccc(N)c(Oc4ccccc4)c3N)CCCCC2)CC1. The molecule has 3 heteroatoms. The Labute approximate surface area is 194 Å². The molecule has 0 aliphatic heterocycles. The molecule has 32 heavy (non-hydrogen) atoms. The van der Waals surface area contributed by atoms with Crippen molar-refractivity contribution >= 4 is 11.4 Å². The van der Waals surface area contributed by atoms with Crippen LogP contribution < -0.4 is 16.2 Å². The predicted octanol–water partition coefficient (Wildman–Crippen LogP) is 8.23. The summed E-state index contributed by atoms with van der Waals surface area (Å²) >= 11 is 0. The smallest absolute Gasteiger partial charge is 0.173 e. The molecule has 2 saturated carbocycles. The molecule has 4 rings (SSSR count). The van der Waals surface area contributed by atoms with Crippen molar-refractivity contribution in [3.05, 3.63) is 48.0 Å². The zero-order valence-electron chi connectivity index (χ0n) is 20.0. The van der Waals surface area contributed by atoms with Crippen LogP contribution in [-0.4, -0.2) is 0 Å². The van der Waals surface area contributed by atoms with E-state index in [1.54, 1.807) is 0 Å². The van der Waals surface area contributed by atoms with Crippen molar-refractivity contribution < 1.29 is 4.74 Å². The third-order valence-corrected chi connectivity index (χ3v) is 8.32. The van der Waals surface area contributed by atoms with Crippen LogP contribution in [-0.2, 0) is 5.41 Å². The van der Waals surface area contributed by atoms with E-state index in [0.29, 0.717) is 11.4 Å². The van der Waals surface area contributed by atoms with Gasteiger partial charge in [0, 0.05) is 5.41 Å². The number of unbranched alkanes of at least 4 members (excludes halogenated alkanes) is 2. The van der Waals surface area contributed by atoms with Gasteiger partial charge in [0.15, 0.2) is 5.75 Å². The van der Waals surface area contributed by atoms with Crippen molar-refractivity contribution in [3.63, 3.8) is 0 Å². The summed E-state index contributed by atoms with van der Waals surface area (Å²) in [6, 6.07) is 14.1. The second kappa shape index (κ2) is 10.6. The lowest BCUT2D eigenvalue weighted by Gasteiger charge is -2.47. The summed E-state index contributed by atoms with van der Waals surface area (Å²) in [4.78, 5) is 0. The van der Waals surface area contributed by atoms with Gasteiger partial charge in [-0.15, -0.1) is 0 Å². The van der Waals surface area contributed by atoms with Crippen molar-refractivity contribution in [1.82, 2.24) is 0 Å². The average molecular weight is 435 g/mol. The molecular weight excluding hydrogens is 392 g/mol. The molecule has 0 aromatic heterocycles. The first-order chi connectivity index (χ1) is 15.6. The van der Waals surface area contributed by atoms with E-state index in [1.165, 1.54) is 89.0 Å². The molecule has 2 fully saturated rings. The van der Waals surface area contributed by atoms with Crippen LogP contribution in [0.15, 0.2) is 42.5 Å². The molecule has 2 aliphatic carbocycles. The third-order valence-electron chi connectivity index (χ3n) is 8.32. The van der Waals surface area contributed by atoms with E-state index < -0.39 is 0 Å². The van der Waals surface area contributed by atoms with Gasteiger partial charge in [0.25, 0.3) is 0 Å². The van der Waals surface area contributed by atoms with Crippen molar-refractivity contribution in [2.45, 2.75) is 95.8 Å². The minimum Gasteiger partial charge on any atom is -0.453 e. The normalized spacial score (nSPS) is 23.0. The van der Waals surface area contributed by atoms with Gasteiger partial charge in [0.1, 0.15) is 5.75 Å². The van der Waals surface area contributed by atoms with Crippen LogP contribution in [0, 0.1) is 11.8 Å². The lowest BCUT2D eigenvalue weighted by atomic mass is 9.57. The molecule has 0 atom stereocenters. The second-order valence-electron chi connectivity index (χ2n) is 10.3. The fourth-order valence-corrected chi connectivity index (χ4v) is 6.54. The summed E-state index contributed by atoms with van der Waals surface area (Å²) in [6.45, 7) is 2.30. The largest absolute Gasteiger partial charge is 0.453 e. The van der Waals surface area contributed by atoms with Crippen LogP contribution in [0.2, 0.25) is 0 Å². The van der Waals surface area contributed by atoms with E-state index in [9.17, 15) is 0 Å². The molecule has 0 amide bonds. The van der Waals surface area contributed by atoms with Crippen LogP contribution in [0.3, 0.4) is 0 Å². The first-order valence-electron chi connectivity index (χ1n) is 13.1. The van der Waals surface area contributed by atoms with Gasteiger partial charge in [0.2, 0.25) is 0 Å². The van der Waals surface area contributed by atoms with Gasteiger partial charge in [-0.2, -0.15) is 0 Å². The Balaban J connectivity index is 1.59. The minimum atomic E-state index is 0.180. The Morgan fingerprint density at radius 1 is 0.875 bits per heavy atom. The number of anilines is 2. The minimum absolute atomic E-state index is 0.180. The van der Waals surface area contributed by atoms with Gasteiger partial charge >= 0.3 is 0 Å². The number of nitrogens with two attached hydrogens (primary N) is 2. The molecule has 0 saturated heterocycles. The maximum atomic E-state index is 6.86. The quantitative estimate of drug-likeness (QED) is 0.325. The number of ether oxygens (including phenoxy) is 1. The standard InChI is InChI=1S/C29H42N2O/c1-2-3-6-11-22-14-16-23(17-15-22)29(20-9-5-10-21-29)25-18-19-26(30)28(27(25)31)32-24-12-7-4-8-13-24/h4,7-8,12-13,18-19,22-23H,2-3,5-6,9-11,14-17,20-21,30-31H2,1H3. The van der Waals surface area contributed by atoms with Gasteiger partial charge in [0.05, 0.1) is 11.4 Å². The first kappa shape index (κ1) is 23.0. The van der Waals surface area contributed by atoms with E-state index >= 15 is 0 Å². The van der Waals surface area contributed by atoms with Gasteiger partial charge in [-0.3, -0.25) is 0 Å². The second-order valence-corrected chi connectivity index (χ2v) is 10.3. The molecule has 4 N–H and O–H groups in total. The first-order valence-corrected chi connectivity index (χ1v) is 13.1. The van der Waals surface area contributed by atoms with Crippen LogP contribution in [0.25, 0.3) is 0 Å². The van der Waals surface area contributed by atoms with E-state index in [1.807, 2.05) is 36.4 Å². The fourth-order valence-electron chi connectivity index (χ4n) is 6.54. The zero-order chi connectivity index (χ0) is 22.4. The predicted molar refractivity (Wildman–Crippen MR) is 136 cm³/mol. The monoisotopic (exact) mass is 434 g/mol. The highest BCUT2D eigenvalue weighted by Gasteiger charge is 2.44. The highest BCUT2D eigenvalue weighted by molar-refractivity contribution is 5.73. The highest BCUT2D eigenvalue weighted by atomic mass is 16.5. The van der Waals surface area contributed by atoms with Crippen molar-refractivity contribution in [2.75, 3.05) is 11.5 Å². The Bertz CT molecular complexity index is 849. The van der Waals surface area contributed by atoms with E-state index in [2.05, 4.69) is 13.0 Å². The van der Waals surface area contributed by atoms with Gasteiger partial charge in [-0.05, 0) is 61.3 Å². The van der Waals surface area contributed by atoms with E-state index in [4.69, 9.17) is 16.2 Å². The zero-order valence-corrected chi connectivity index (χ0v) is 20.0. The molecule has 3 nitrogen and oxygen atoms in total. The van der Waals surface area contributed by atoms with Crippen LogP contribution >= 0.6 is 0 Å².